The molecule has 4 aromatic rings. The van der Waals surface area contributed by atoms with Crippen LogP contribution in [-0.4, -0.2) is 47.3 Å². The summed E-state index contributed by atoms with van der Waals surface area (Å²) in [4.78, 5) is 15.7. The third-order valence-corrected chi connectivity index (χ3v) is 5.79. The van der Waals surface area contributed by atoms with Gasteiger partial charge in [-0.25, -0.2) is 19.3 Å². The highest BCUT2D eigenvalue weighted by molar-refractivity contribution is 5.76. The number of aromatic nitrogens is 6. The number of aryl methyl sites for hydroxylation is 1. The van der Waals surface area contributed by atoms with E-state index in [1.54, 1.807) is 24.7 Å². The third kappa shape index (κ3) is 3.98. The Morgan fingerprint density at radius 1 is 1.13 bits per heavy atom. The minimum Gasteiger partial charge on any atom is -0.324 e. The van der Waals surface area contributed by atoms with E-state index in [4.69, 9.17) is 4.98 Å². The van der Waals surface area contributed by atoms with Crippen LogP contribution in [0.2, 0.25) is 0 Å². The fourth-order valence-corrected chi connectivity index (χ4v) is 4.24. The van der Waals surface area contributed by atoms with Gasteiger partial charge < -0.3 is 4.57 Å². The van der Waals surface area contributed by atoms with Gasteiger partial charge in [-0.05, 0) is 43.7 Å². The number of halogens is 1. The Kier molecular flexibility index (Phi) is 5.30. The summed E-state index contributed by atoms with van der Waals surface area (Å²) in [7, 11) is 0. The van der Waals surface area contributed by atoms with Crippen molar-refractivity contribution in [2.75, 3.05) is 13.1 Å². The Bertz CT molecular complexity index is 1150. The van der Waals surface area contributed by atoms with Crippen LogP contribution in [0.15, 0.2) is 61.6 Å². The van der Waals surface area contributed by atoms with Crippen LogP contribution in [0.5, 0.6) is 0 Å². The van der Waals surface area contributed by atoms with E-state index in [0.29, 0.717) is 0 Å². The number of benzene rings is 1. The van der Waals surface area contributed by atoms with E-state index in [0.717, 1.165) is 55.2 Å². The van der Waals surface area contributed by atoms with E-state index in [2.05, 4.69) is 37.7 Å². The maximum Gasteiger partial charge on any atom is 0.123 e. The molecule has 4 heterocycles. The fraction of sp³-hybridized carbons (Fsp3) is 0.304. The van der Waals surface area contributed by atoms with Gasteiger partial charge in [0.25, 0.3) is 0 Å². The molecule has 0 N–H and O–H groups in total. The SMILES string of the molecule is CCn1cc(CN2CCC(n3cnc(-c4ccc(F)cc4)c3-c3ccncn3)C2)cn1. The normalized spacial score (nSPS) is 16.8. The molecule has 7 nitrogen and oxygen atoms in total. The molecule has 8 heteroatoms. The zero-order valence-electron chi connectivity index (χ0n) is 17.4. The van der Waals surface area contributed by atoms with Gasteiger partial charge in [-0.3, -0.25) is 9.58 Å². The van der Waals surface area contributed by atoms with Crippen LogP contribution >= 0.6 is 0 Å². The molecule has 0 aliphatic carbocycles. The van der Waals surface area contributed by atoms with Crippen LogP contribution in [0.4, 0.5) is 4.39 Å². The molecule has 3 aromatic heterocycles. The molecular formula is C23H24FN7. The molecule has 1 aliphatic heterocycles. The van der Waals surface area contributed by atoms with Crippen LogP contribution in [0.1, 0.15) is 24.9 Å². The fourth-order valence-electron chi connectivity index (χ4n) is 4.24. The van der Waals surface area contributed by atoms with Gasteiger partial charge >= 0.3 is 0 Å². The second kappa shape index (κ2) is 8.39. The molecule has 1 fully saturated rings. The first-order valence-electron chi connectivity index (χ1n) is 10.5. The summed E-state index contributed by atoms with van der Waals surface area (Å²) in [6.07, 6.45) is 10.3. The van der Waals surface area contributed by atoms with Gasteiger partial charge in [0.15, 0.2) is 0 Å². The summed E-state index contributed by atoms with van der Waals surface area (Å²) < 4.78 is 17.6. The van der Waals surface area contributed by atoms with Crippen molar-refractivity contribution < 1.29 is 4.39 Å². The number of hydrogen-bond donors (Lipinski definition) is 0. The lowest BCUT2D eigenvalue weighted by Gasteiger charge is -2.18. The second-order valence-corrected chi connectivity index (χ2v) is 7.83. The first-order chi connectivity index (χ1) is 15.2. The molecule has 1 saturated heterocycles. The summed E-state index contributed by atoms with van der Waals surface area (Å²) in [5, 5.41) is 4.38. The predicted octanol–water partition coefficient (Wildman–Crippen LogP) is 3.81. The zero-order chi connectivity index (χ0) is 21.2. The van der Waals surface area contributed by atoms with Crippen molar-refractivity contribution in [1.29, 1.82) is 0 Å². The molecule has 1 atom stereocenters. The smallest absolute Gasteiger partial charge is 0.123 e. The maximum atomic E-state index is 13.5. The summed E-state index contributed by atoms with van der Waals surface area (Å²) in [6.45, 7) is 5.80. The molecule has 158 valence electrons. The number of hydrogen-bond acceptors (Lipinski definition) is 5. The summed E-state index contributed by atoms with van der Waals surface area (Å²) in [5.41, 5.74) is 4.67. The molecule has 1 aromatic carbocycles. The number of rotatable bonds is 6. The number of imidazole rings is 1. The van der Waals surface area contributed by atoms with Crippen LogP contribution < -0.4 is 0 Å². The maximum absolute atomic E-state index is 13.5. The topological polar surface area (TPSA) is 64.7 Å². The van der Waals surface area contributed by atoms with Gasteiger partial charge in [0.2, 0.25) is 0 Å². The summed E-state index contributed by atoms with van der Waals surface area (Å²) >= 11 is 0. The molecule has 0 spiro atoms. The largest absolute Gasteiger partial charge is 0.324 e. The van der Waals surface area contributed by atoms with Gasteiger partial charge in [0, 0.05) is 55.7 Å². The standard InChI is InChI=1S/C23H24FN7/c1-2-30-13-17(11-28-30)12-29-10-8-20(14-29)31-16-27-22(18-3-5-19(24)6-4-18)23(31)21-7-9-25-15-26-21/h3-7,9,11,13,15-16,20H,2,8,10,12,14H2,1H3. The predicted molar refractivity (Wildman–Crippen MR) is 115 cm³/mol. The van der Waals surface area contributed by atoms with Crippen LogP contribution in [0, 0.1) is 5.82 Å². The van der Waals surface area contributed by atoms with Gasteiger partial charge in [0.1, 0.15) is 12.1 Å². The van der Waals surface area contributed by atoms with Crippen molar-refractivity contribution in [3.8, 4) is 22.6 Å². The lowest BCUT2D eigenvalue weighted by molar-refractivity contribution is 0.316. The third-order valence-electron chi connectivity index (χ3n) is 5.79. The van der Waals surface area contributed by atoms with Crippen LogP contribution in [0.25, 0.3) is 22.6 Å². The zero-order valence-corrected chi connectivity index (χ0v) is 17.4. The average molecular weight is 417 g/mol. The molecule has 1 aliphatic rings. The highest BCUT2D eigenvalue weighted by Crippen LogP contribution is 2.35. The molecule has 1 unspecified atom stereocenters. The minimum absolute atomic E-state index is 0.260. The lowest BCUT2D eigenvalue weighted by atomic mass is 10.1. The average Bonchev–Trinajstić information content (AvgIpc) is 3.54. The molecule has 31 heavy (non-hydrogen) atoms. The van der Waals surface area contributed by atoms with Crippen molar-refractivity contribution in [2.45, 2.75) is 32.5 Å². The quantitative estimate of drug-likeness (QED) is 0.477. The van der Waals surface area contributed by atoms with E-state index < -0.39 is 0 Å². The van der Waals surface area contributed by atoms with Crippen LogP contribution in [-0.2, 0) is 13.1 Å². The highest BCUT2D eigenvalue weighted by Gasteiger charge is 2.28. The second-order valence-electron chi connectivity index (χ2n) is 7.83. The van der Waals surface area contributed by atoms with E-state index in [1.807, 2.05) is 23.3 Å². The molecular weight excluding hydrogens is 393 g/mol. The first-order valence-corrected chi connectivity index (χ1v) is 10.5. The van der Waals surface area contributed by atoms with Crippen LogP contribution in [0.3, 0.4) is 0 Å². The first kappa shape index (κ1) is 19.6. The van der Waals surface area contributed by atoms with Crippen molar-refractivity contribution in [2.24, 2.45) is 0 Å². The van der Waals surface area contributed by atoms with Crippen molar-refractivity contribution >= 4 is 0 Å². The van der Waals surface area contributed by atoms with E-state index in [1.165, 1.54) is 17.7 Å². The van der Waals surface area contributed by atoms with Gasteiger partial charge in [-0.1, -0.05) is 0 Å². The highest BCUT2D eigenvalue weighted by atomic mass is 19.1. The van der Waals surface area contributed by atoms with E-state index in [-0.39, 0.29) is 11.9 Å². The van der Waals surface area contributed by atoms with Gasteiger partial charge in [-0.2, -0.15) is 5.10 Å². The Hall–Kier alpha value is -3.39. The van der Waals surface area contributed by atoms with Crippen molar-refractivity contribution in [1.82, 2.24) is 34.2 Å². The Labute approximate surface area is 180 Å². The lowest BCUT2D eigenvalue weighted by Crippen LogP contribution is -2.21. The van der Waals surface area contributed by atoms with E-state index >= 15 is 0 Å². The molecule has 0 amide bonds. The molecule has 0 radical (unpaired) electrons. The number of nitrogens with zero attached hydrogens (tertiary/aromatic N) is 7. The molecule has 0 bridgehead atoms. The van der Waals surface area contributed by atoms with Crippen molar-refractivity contribution in [3.63, 3.8) is 0 Å². The Morgan fingerprint density at radius 3 is 2.74 bits per heavy atom. The van der Waals surface area contributed by atoms with Gasteiger partial charge in [0.05, 0.1) is 29.6 Å². The summed E-state index contributed by atoms with van der Waals surface area (Å²) in [6, 6.07) is 8.63. The summed E-state index contributed by atoms with van der Waals surface area (Å²) in [5.74, 6) is -0.260. The molecule has 5 rings (SSSR count). The Balaban J connectivity index is 1.44. The number of likely N-dealkylation sites (tertiary alicyclic amines) is 1. The minimum atomic E-state index is -0.260. The molecule has 0 saturated carbocycles. The van der Waals surface area contributed by atoms with Gasteiger partial charge in [-0.15, -0.1) is 0 Å². The monoisotopic (exact) mass is 417 g/mol. The van der Waals surface area contributed by atoms with Crippen molar-refractivity contribution in [3.05, 3.63) is 73.0 Å². The van der Waals surface area contributed by atoms with E-state index in [9.17, 15) is 4.39 Å². The Morgan fingerprint density at radius 2 is 2.00 bits per heavy atom.